The SMILES string of the molecule is CCCC(=O)N[C@@H]1CCc2ccccc2N(Cc2ccc(-c3ccccc3CNC(=O)OC)cc2)C1=O. The molecular weight excluding hydrogens is 466 g/mol. The molecule has 0 radical (unpaired) electrons. The van der Waals surface area contributed by atoms with Crippen molar-refractivity contribution in [1.29, 1.82) is 0 Å². The fourth-order valence-corrected chi connectivity index (χ4v) is 4.67. The summed E-state index contributed by atoms with van der Waals surface area (Å²) in [6.45, 7) is 2.71. The zero-order valence-electron chi connectivity index (χ0n) is 21.3. The molecule has 3 aromatic carbocycles. The van der Waals surface area contributed by atoms with Crippen molar-refractivity contribution in [1.82, 2.24) is 10.6 Å². The van der Waals surface area contributed by atoms with Crippen LogP contribution in [0, 0.1) is 0 Å². The van der Waals surface area contributed by atoms with Gasteiger partial charge in [0.15, 0.2) is 0 Å². The summed E-state index contributed by atoms with van der Waals surface area (Å²) in [6, 6.07) is 23.4. The van der Waals surface area contributed by atoms with Crippen LogP contribution in [0.4, 0.5) is 10.5 Å². The maximum absolute atomic E-state index is 13.6. The second-order valence-electron chi connectivity index (χ2n) is 9.16. The number of nitrogens with one attached hydrogen (secondary N) is 2. The topological polar surface area (TPSA) is 87.7 Å². The Balaban J connectivity index is 1.56. The molecule has 1 atom stereocenters. The Labute approximate surface area is 217 Å². The smallest absolute Gasteiger partial charge is 0.407 e. The van der Waals surface area contributed by atoms with E-state index in [9.17, 15) is 14.4 Å². The number of anilines is 1. The minimum absolute atomic E-state index is 0.0855. The van der Waals surface area contributed by atoms with E-state index in [1.807, 2.05) is 79.7 Å². The zero-order valence-corrected chi connectivity index (χ0v) is 21.3. The van der Waals surface area contributed by atoms with E-state index >= 15 is 0 Å². The number of fused-ring (bicyclic) bond motifs is 1. The molecule has 0 saturated carbocycles. The molecule has 7 nitrogen and oxygen atoms in total. The number of rotatable bonds is 8. The third-order valence-corrected chi connectivity index (χ3v) is 6.59. The van der Waals surface area contributed by atoms with E-state index in [-0.39, 0.29) is 11.8 Å². The van der Waals surface area contributed by atoms with E-state index in [0.29, 0.717) is 25.9 Å². The Morgan fingerprint density at radius 3 is 2.49 bits per heavy atom. The highest BCUT2D eigenvalue weighted by molar-refractivity contribution is 6.00. The first-order valence-corrected chi connectivity index (χ1v) is 12.7. The molecule has 1 aliphatic heterocycles. The molecule has 0 saturated heterocycles. The summed E-state index contributed by atoms with van der Waals surface area (Å²) < 4.78 is 4.68. The summed E-state index contributed by atoms with van der Waals surface area (Å²) >= 11 is 0. The summed E-state index contributed by atoms with van der Waals surface area (Å²) in [6.07, 6.45) is 1.98. The lowest BCUT2D eigenvalue weighted by Gasteiger charge is -2.26. The van der Waals surface area contributed by atoms with Gasteiger partial charge in [-0.1, -0.05) is 73.7 Å². The zero-order chi connectivity index (χ0) is 26.2. The van der Waals surface area contributed by atoms with E-state index in [2.05, 4.69) is 15.4 Å². The van der Waals surface area contributed by atoms with Crippen LogP contribution in [0.2, 0.25) is 0 Å². The number of benzene rings is 3. The van der Waals surface area contributed by atoms with Gasteiger partial charge in [-0.3, -0.25) is 9.59 Å². The van der Waals surface area contributed by atoms with E-state index in [1.54, 1.807) is 4.90 Å². The van der Waals surface area contributed by atoms with Gasteiger partial charge in [-0.15, -0.1) is 0 Å². The summed E-state index contributed by atoms with van der Waals surface area (Å²) in [5, 5.41) is 5.69. The molecule has 1 heterocycles. The first-order valence-electron chi connectivity index (χ1n) is 12.7. The summed E-state index contributed by atoms with van der Waals surface area (Å²) in [5.41, 5.74) is 5.98. The van der Waals surface area contributed by atoms with E-state index < -0.39 is 12.1 Å². The lowest BCUT2D eigenvalue weighted by atomic mass is 9.98. The van der Waals surface area contributed by atoms with Crippen LogP contribution in [0.1, 0.15) is 42.9 Å². The van der Waals surface area contributed by atoms with Crippen molar-refractivity contribution in [3.63, 3.8) is 0 Å². The largest absolute Gasteiger partial charge is 0.453 e. The van der Waals surface area contributed by atoms with Crippen molar-refractivity contribution >= 4 is 23.6 Å². The average Bonchev–Trinajstić information content (AvgIpc) is 3.05. The number of nitrogens with zero attached hydrogens (tertiary/aromatic N) is 1. The molecule has 1 aliphatic rings. The Bertz CT molecular complexity index is 1260. The Hall–Kier alpha value is -4.13. The molecule has 192 valence electrons. The fraction of sp³-hybridized carbons (Fsp3) is 0.300. The quantitative estimate of drug-likeness (QED) is 0.458. The summed E-state index contributed by atoms with van der Waals surface area (Å²) in [4.78, 5) is 39.2. The van der Waals surface area contributed by atoms with Gasteiger partial charge in [0.2, 0.25) is 11.8 Å². The first kappa shape index (κ1) is 25.9. The summed E-state index contributed by atoms with van der Waals surface area (Å²) in [5.74, 6) is -0.172. The monoisotopic (exact) mass is 499 g/mol. The van der Waals surface area contributed by atoms with Crippen LogP contribution in [0.25, 0.3) is 11.1 Å². The number of amides is 3. The van der Waals surface area contributed by atoms with Gasteiger partial charge in [0.25, 0.3) is 0 Å². The van der Waals surface area contributed by atoms with Crippen LogP contribution in [-0.2, 0) is 33.8 Å². The molecule has 0 bridgehead atoms. The Morgan fingerprint density at radius 1 is 1.00 bits per heavy atom. The van der Waals surface area contributed by atoms with Gasteiger partial charge in [-0.25, -0.2) is 4.79 Å². The highest BCUT2D eigenvalue weighted by atomic mass is 16.5. The predicted molar refractivity (Wildman–Crippen MR) is 144 cm³/mol. The molecule has 4 rings (SSSR count). The number of carbonyl (C=O) groups is 3. The number of para-hydroxylation sites is 1. The second-order valence-corrected chi connectivity index (χ2v) is 9.16. The van der Waals surface area contributed by atoms with Gasteiger partial charge in [-0.2, -0.15) is 0 Å². The van der Waals surface area contributed by atoms with Crippen LogP contribution in [0.3, 0.4) is 0 Å². The van der Waals surface area contributed by atoms with Gasteiger partial charge >= 0.3 is 6.09 Å². The Kier molecular flexibility index (Phi) is 8.56. The normalized spacial score (nSPS) is 14.9. The molecule has 7 heteroatoms. The third-order valence-electron chi connectivity index (χ3n) is 6.59. The molecular formula is C30H33N3O4. The van der Waals surface area contributed by atoms with Crippen molar-refractivity contribution in [2.24, 2.45) is 0 Å². The molecule has 0 unspecified atom stereocenters. The molecule has 3 amide bonds. The van der Waals surface area contributed by atoms with Gasteiger partial charge in [0.1, 0.15) is 6.04 Å². The van der Waals surface area contributed by atoms with Crippen molar-refractivity contribution in [2.75, 3.05) is 12.0 Å². The van der Waals surface area contributed by atoms with Gasteiger partial charge in [0.05, 0.1) is 13.7 Å². The molecule has 0 spiro atoms. The van der Waals surface area contributed by atoms with E-state index in [4.69, 9.17) is 0 Å². The van der Waals surface area contributed by atoms with E-state index in [1.165, 1.54) is 7.11 Å². The van der Waals surface area contributed by atoms with Crippen molar-refractivity contribution in [2.45, 2.75) is 51.7 Å². The standard InChI is InChI=1S/C30H33N3O4/c1-3-8-28(34)32-26-18-17-23-9-5-7-12-27(23)33(29(26)35)20-21-13-15-22(16-14-21)25-11-6-4-10-24(25)19-31-30(36)37-2/h4-7,9-16,26H,3,8,17-20H2,1-2H3,(H,31,36)(H,32,34)/t26-/m1/s1. The highest BCUT2D eigenvalue weighted by Gasteiger charge is 2.31. The van der Waals surface area contributed by atoms with Gasteiger partial charge in [0, 0.05) is 18.7 Å². The van der Waals surface area contributed by atoms with Gasteiger partial charge < -0.3 is 20.3 Å². The van der Waals surface area contributed by atoms with Crippen LogP contribution < -0.4 is 15.5 Å². The lowest BCUT2D eigenvalue weighted by Crippen LogP contribution is -2.47. The summed E-state index contributed by atoms with van der Waals surface area (Å²) in [7, 11) is 1.34. The number of alkyl carbamates (subject to hydrolysis) is 1. The number of aryl methyl sites for hydroxylation is 1. The third kappa shape index (κ3) is 6.36. The minimum Gasteiger partial charge on any atom is -0.453 e. The molecule has 3 aromatic rings. The molecule has 0 fully saturated rings. The minimum atomic E-state index is -0.542. The van der Waals surface area contributed by atoms with E-state index in [0.717, 1.165) is 46.3 Å². The number of hydrogen-bond donors (Lipinski definition) is 2. The van der Waals surface area contributed by atoms with Crippen molar-refractivity contribution in [3.05, 3.63) is 89.5 Å². The molecule has 0 aromatic heterocycles. The average molecular weight is 500 g/mol. The van der Waals surface area contributed by atoms with Crippen LogP contribution in [0.5, 0.6) is 0 Å². The fourth-order valence-electron chi connectivity index (χ4n) is 4.67. The highest BCUT2D eigenvalue weighted by Crippen LogP contribution is 2.30. The van der Waals surface area contributed by atoms with Crippen LogP contribution in [-0.4, -0.2) is 31.1 Å². The molecule has 0 aliphatic carbocycles. The molecule has 37 heavy (non-hydrogen) atoms. The van der Waals surface area contributed by atoms with Crippen LogP contribution >= 0.6 is 0 Å². The Morgan fingerprint density at radius 2 is 1.73 bits per heavy atom. The second kappa shape index (κ2) is 12.2. The van der Waals surface area contributed by atoms with Crippen molar-refractivity contribution in [3.8, 4) is 11.1 Å². The van der Waals surface area contributed by atoms with Gasteiger partial charge in [-0.05, 0) is 53.1 Å². The maximum atomic E-state index is 13.6. The number of ether oxygens (including phenoxy) is 1. The first-order chi connectivity index (χ1) is 18.0. The maximum Gasteiger partial charge on any atom is 0.407 e. The lowest BCUT2D eigenvalue weighted by molar-refractivity contribution is -0.127. The number of hydrogen-bond acceptors (Lipinski definition) is 4. The number of carbonyl (C=O) groups excluding carboxylic acids is 3. The predicted octanol–water partition coefficient (Wildman–Crippen LogP) is 4.97. The van der Waals surface area contributed by atoms with Crippen LogP contribution in [0.15, 0.2) is 72.8 Å². The number of methoxy groups -OCH3 is 1. The van der Waals surface area contributed by atoms with Crippen molar-refractivity contribution < 1.29 is 19.1 Å². The molecule has 2 N–H and O–H groups in total.